The van der Waals surface area contributed by atoms with Crippen molar-refractivity contribution < 1.29 is 0 Å². The average molecular weight is 261 g/mol. The third-order valence-corrected chi connectivity index (χ3v) is 5.20. The van der Waals surface area contributed by atoms with Gasteiger partial charge < -0.3 is 4.90 Å². The monoisotopic (exact) mass is 261 g/mol. The maximum absolute atomic E-state index is 4.65. The van der Waals surface area contributed by atoms with E-state index in [1.807, 2.05) is 0 Å². The minimum absolute atomic E-state index is 0.658. The molecule has 3 rings (SSSR count). The van der Waals surface area contributed by atoms with Crippen molar-refractivity contribution >= 4 is 0 Å². The molecule has 1 aliphatic carbocycles. The fourth-order valence-corrected chi connectivity index (χ4v) is 4.13. The Bertz CT molecular complexity index is 411. The second kappa shape index (κ2) is 5.28. The van der Waals surface area contributed by atoms with E-state index in [-0.39, 0.29) is 0 Å². The lowest BCUT2D eigenvalue weighted by atomic mass is 10.00. The normalized spacial score (nSPS) is 32.7. The highest BCUT2D eigenvalue weighted by Gasteiger charge is 2.40. The summed E-state index contributed by atoms with van der Waals surface area (Å²) in [7, 11) is 2.26. The van der Waals surface area contributed by atoms with Crippen molar-refractivity contribution in [3.05, 3.63) is 18.0 Å². The summed E-state index contributed by atoms with van der Waals surface area (Å²) >= 11 is 0. The lowest BCUT2D eigenvalue weighted by Crippen LogP contribution is -2.17. The zero-order valence-electron chi connectivity index (χ0n) is 12.5. The molecule has 0 amide bonds. The lowest BCUT2D eigenvalue weighted by Gasteiger charge is -2.15. The average Bonchev–Trinajstić information content (AvgIpc) is 3.01. The van der Waals surface area contributed by atoms with Crippen LogP contribution in [0.15, 0.2) is 12.4 Å². The van der Waals surface area contributed by atoms with Crippen molar-refractivity contribution in [1.29, 1.82) is 0 Å². The van der Waals surface area contributed by atoms with Crippen LogP contribution in [-0.4, -0.2) is 34.8 Å². The summed E-state index contributed by atoms with van der Waals surface area (Å²) in [6.45, 7) is 7.17. The Balaban J connectivity index is 1.65. The number of nitrogens with zero attached hydrogens (tertiary/aromatic N) is 3. The lowest BCUT2D eigenvalue weighted by molar-refractivity contribution is 0.343. The van der Waals surface area contributed by atoms with Gasteiger partial charge in [0.15, 0.2) is 0 Å². The highest BCUT2D eigenvalue weighted by molar-refractivity contribution is 5.11. The molecule has 3 heteroatoms. The van der Waals surface area contributed by atoms with Gasteiger partial charge in [0.25, 0.3) is 0 Å². The first-order chi connectivity index (χ1) is 9.17. The molecule has 19 heavy (non-hydrogen) atoms. The minimum atomic E-state index is 0.658. The van der Waals surface area contributed by atoms with E-state index in [4.69, 9.17) is 0 Å². The molecule has 2 unspecified atom stereocenters. The van der Waals surface area contributed by atoms with Crippen molar-refractivity contribution in [2.75, 3.05) is 20.1 Å². The van der Waals surface area contributed by atoms with Gasteiger partial charge in [0.1, 0.15) is 0 Å². The molecule has 0 bridgehead atoms. The van der Waals surface area contributed by atoms with Crippen molar-refractivity contribution in [3.63, 3.8) is 0 Å². The van der Waals surface area contributed by atoms with E-state index in [1.54, 1.807) is 0 Å². The first-order valence-corrected chi connectivity index (χ1v) is 7.90. The van der Waals surface area contributed by atoms with Gasteiger partial charge in [0.05, 0.1) is 12.2 Å². The molecule has 1 aromatic heterocycles. The van der Waals surface area contributed by atoms with Crippen molar-refractivity contribution in [3.8, 4) is 0 Å². The summed E-state index contributed by atoms with van der Waals surface area (Å²) in [5.41, 5.74) is 1.43. The number of rotatable bonds is 4. The van der Waals surface area contributed by atoms with Gasteiger partial charge in [-0.2, -0.15) is 5.10 Å². The van der Waals surface area contributed by atoms with E-state index in [0.717, 1.165) is 11.8 Å². The summed E-state index contributed by atoms with van der Waals surface area (Å²) in [6, 6.07) is 0.659. The van der Waals surface area contributed by atoms with Crippen LogP contribution in [0.3, 0.4) is 0 Å². The first-order valence-electron chi connectivity index (χ1n) is 7.90. The number of aromatic nitrogens is 2. The molecule has 0 spiro atoms. The van der Waals surface area contributed by atoms with Gasteiger partial charge in [-0.05, 0) is 49.6 Å². The second-order valence-electron chi connectivity index (χ2n) is 6.81. The molecule has 1 aromatic rings. The third kappa shape index (κ3) is 2.58. The highest BCUT2D eigenvalue weighted by Crippen LogP contribution is 2.43. The number of likely N-dealkylation sites (tertiary alicyclic amines) is 1. The van der Waals surface area contributed by atoms with Crippen LogP contribution in [0.5, 0.6) is 0 Å². The van der Waals surface area contributed by atoms with Gasteiger partial charge in [-0.15, -0.1) is 0 Å². The van der Waals surface area contributed by atoms with Crippen LogP contribution in [0.1, 0.15) is 57.1 Å². The van der Waals surface area contributed by atoms with E-state index in [9.17, 15) is 0 Å². The van der Waals surface area contributed by atoms with Gasteiger partial charge >= 0.3 is 0 Å². The van der Waals surface area contributed by atoms with Crippen molar-refractivity contribution in [2.45, 2.75) is 51.5 Å². The van der Waals surface area contributed by atoms with Gasteiger partial charge in [0, 0.05) is 19.3 Å². The van der Waals surface area contributed by atoms with Crippen LogP contribution in [0.2, 0.25) is 0 Å². The summed E-state index contributed by atoms with van der Waals surface area (Å²) in [6.07, 6.45) is 9.60. The van der Waals surface area contributed by atoms with Crippen molar-refractivity contribution in [2.24, 2.45) is 11.8 Å². The maximum Gasteiger partial charge on any atom is 0.0525 e. The van der Waals surface area contributed by atoms with Crippen LogP contribution >= 0.6 is 0 Å². The predicted octanol–water partition coefficient (Wildman–Crippen LogP) is 3.30. The maximum atomic E-state index is 4.65. The zero-order chi connectivity index (χ0) is 13.4. The Labute approximate surface area is 117 Å². The first kappa shape index (κ1) is 13.2. The van der Waals surface area contributed by atoms with Gasteiger partial charge in [-0.25, -0.2) is 0 Å². The fraction of sp³-hybridized carbons (Fsp3) is 0.812. The standard InChI is InChI=1S/C16H27N3/c1-4-5-12(2)15-8-17-19(11-15)16-6-13-9-18(3)10-14(13)7-16/h8,11-14,16H,4-7,9-10H2,1-3H3/t12?,13-,14+,16?. The predicted molar refractivity (Wildman–Crippen MR) is 78.3 cm³/mol. The molecular formula is C16H27N3. The molecule has 2 fully saturated rings. The summed E-state index contributed by atoms with van der Waals surface area (Å²) in [4.78, 5) is 2.49. The quantitative estimate of drug-likeness (QED) is 0.829. The molecule has 4 atom stereocenters. The molecule has 1 aliphatic heterocycles. The Morgan fingerprint density at radius 3 is 2.63 bits per heavy atom. The molecule has 0 aromatic carbocycles. The largest absolute Gasteiger partial charge is 0.306 e. The Hall–Kier alpha value is -0.830. The molecule has 106 valence electrons. The zero-order valence-corrected chi connectivity index (χ0v) is 12.5. The van der Waals surface area contributed by atoms with Crippen molar-refractivity contribution in [1.82, 2.24) is 14.7 Å². The van der Waals surface area contributed by atoms with Gasteiger partial charge in [-0.3, -0.25) is 4.68 Å². The molecule has 2 heterocycles. The van der Waals surface area contributed by atoms with Gasteiger partial charge in [0.2, 0.25) is 0 Å². The summed E-state index contributed by atoms with van der Waals surface area (Å²) in [5, 5.41) is 4.65. The second-order valence-corrected chi connectivity index (χ2v) is 6.81. The van der Waals surface area contributed by atoms with Crippen LogP contribution in [0.25, 0.3) is 0 Å². The third-order valence-electron chi connectivity index (χ3n) is 5.20. The van der Waals surface area contributed by atoms with Gasteiger partial charge in [-0.1, -0.05) is 20.3 Å². The Morgan fingerprint density at radius 1 is 1.32 bits per heavy atom. The van der Waals surface area contributed by atoms with E-state index < -0.39 is 0 Å². The smallest absolute Gasteiger partial charge is 0.0525 e. The van der Waals surface area contributed by atoms with E-state index in [1.165, 1.54) is 44.3 Å². The Morgan fingerprint density at radius 2 is 2.00 bits per heavy atom. The molecule has 3 nitrogen and oxygen atoms in total. The van der Waals surface area contributed by atoms with Crippen LogP contribution in [0.4, 0.5) is 0 Å². The van der Waals surface area contributed by atoms with E-state index >= 15 is 0 Å². The molecule has 0 radical (unpaired) electrons. The summed E-state index contributed by atoms with van der Waals surface area (Å²) < 4.78 is 2.26. The Kier molecular flexibility index (Phi) is 3.66. The molecule has 2 aliphatic rings. The van der Waals surface area contributed by atoms with Crippen LogP contribution in [0, 0.1) is 11.8 Å². The number of hydrogen-bond acceptors (Lipinski definition) is 2. The molecule has 1 saturated carbocycles. The van der Waals surface area contributed by atoms with Crippen LogP contribution in [-0.2, 0) is 0 Å². The van der Waals surface area contributed by atoms with E-state index in [0.29, 0.717) is 12.0 Å². The fourth-order valence-electron chi connectivity index (χ4n) is 4.13. The molecular weight excluding hydrogens is 234 g/mol. The minimum Gasteiger partial charge on any atom is -0.306 e. The van der Waals surface area contributed by atoms with Crippen LogP contribution < -0.4 is 0 Å². The highest BCUT2D eigenvalue weighted by atomic mass is 15.3. The molecule has 1 saturated heterocycles. The number of fused-ring (bicyclic) bond motifs is 1. The topological polar surface area (TPSA) is 21.1 Å². The summed E-state index contributed by atoms with van der Waals surface area (Å²) in [5.74, 6) is 2.48. The molecule has 0 N–H and O–H groups in total. The number of hydrogen-bond donors (Lipinski definition) is 0. The SMILES string of the molecule is CCCC(C)c1cnn(C2C[C@@H]3CN(C)C[C@@H]3C2)c1. The van der Waals surface area contributed by atoms with E-state index in [2.05, 4.69) is 48.0 Å².